The number of hydrogen-bond acceptors (Lipinski definition) is 10. The van der Waals surface area contributed by atoms with Crippen LogP contribution in [0, 0.1) is 0 Å². The Balaban J connectivity index is 0.000000276. The smallest absolute Gasteiger partial charge is 0.411 e. The van der Waals surface area contributed by atoms with Gasteiger partial charge in [-0.1, -0.05) is 36.4 Å². The number of carbonyl (C=O) groups is 4. The highest BCUT2D eigenvalue weighted by atomic mass is 19.4. The number of Topliss-reactive ketones (excluding diaryl/α,β-unsaturated/α-hetero) is 1. The molecule has 0 fully saturated rings. The number of halogens is 12. The van der Waals surface area contributed by atoms with E-state index < -0.39 is 121 Å². The number of phenolic OH excluding ortho intramolecular Hbond substituents is 5. The zero-order valence-corrected chi connectivity index (χ0v) is 38.0. The van der Waals surface area contributed by atoms with Crippen LogP contribution in [-0.4, -0.2) is 80.8 Å². The van der Waals surface area contributed by atoms with Crippen molar-refractivity contribution in [1.29, 1.82) is 0 Å². The van der Waals surface area contributed by atoms with Crippen LogP contribution < -0.4 is 21.3 Å². The normalized spacial score (nSPS) is 12.2. The highest BCUT2D eigenvalue weighted by Gasteiger charge is 2.74. The highest BCUT2D eigenvalue weighted by Crippen LogP contribution is 2.59. The summed E-state index contributed by atoms with van der Waals surface area (Å²) in [5.74, 6) is -6.38. The first kappa shape index (κ1) is 56.3. The van der Waals surface area contributed by atoms with Gasteiger partial charge in [0.2, 0.25) is 16.7 Å². The van der Waals surface area contributed by atoms with Crippen LogP contribution in [-0.2, 0) is 15.6 Å². The van der Waals surface area contributed by atoms with Crippen LogP contribution in [0.3, 0.4) is 0 Å². The zero-order valence-electron chi connectivity index (χ0n) is 38.0. The minimum Gasteiger partial charge on any atom is -0.508 e. The highest BCUT2D eigenvalue weighted by molar-refractivity contribution is 6.07. The van der Waals surface area contributed by atoms with Crippen molar-refractivity contribution in [1.82, 2.24) is 0 Å². The Morgan fingerprint density at radius 2 is 0.716 bits per heavy atom. The maximum Gasteiger partial charge on any atom is 0.411 e. The van der Waals surface area contributed by atoms with E-state index in [1.807, 2.05) is 5.32 Å². The molecule has 392 valence electrons. The number of benzene rings is 6. The Morgan fingerprint density at radius 1 is 0.392 bits per heavy atom. The van der Waals surface area contributed by atoms with Gasteiger partial charge in [0.25, 0.3) is 11.8 Å². The predicted molar refractivity (Wildman–Crippen MR) is 243 cm³/mol. The van der Waals surface area contributed by atoms with E-state index >= 15 is 0 Å². The number of alkyl halides is 12. The molecule has 6 aromatic carbocycles. The summed E-state index contributed by atoms with van der Waals surface area (Å²) in [7, 11) is 1.21. The Hall–Kier alpha value is -8.64. The van der Waals surface area contributed by atoms with E-state index in [1.54, 1.807) is 0 Å². The standard InChI is InChI=1S/C26H20F6N2O5.C23H18F6N2O4/c1-13(35)15-4-3-5-16(10-15)23(39)34-20-12-18(7-9-22(20)38)24(25(27,28)29,26(30,31)32)17-6-8-21(37)19(11-17)33-14(2)36;1-30-16-10-13(4-8-18(16)33)21(22(24,25)26,23(27,28)29)14-5-9-19(34)17(11-14)31-20(35)12-2-6-15(32)7-3-12/h3-12,37-38H,1-2H3,(H,33,36)(H,34,39);2-11,30,32-34H,1H3,(H,31,35). The summed E-state index contributed by atoms with van der Waals surface area (Å²) < 4.78 is 174. The molecule has 6 rings (SSSR count). The number of nitrogens with one attached hydrogen (secondary N) is 4. The van der Waals surface area contributed by atoms with Gasteiger partial charge in [-0.25, -0.2) is 0 Å². The summed E-state index contributed by atoms with van der Waals surface area (Å²) in [4.78, 5) is 48.1. The van der Waals surface area contributed by atoms with E-state index in [1.165, 1.54) is 32.2 Å². The average molecular weight is 1050 g/mol. The summed E-state index contributed by atoms with van der Waals surface area (Å²) in [6.07, 6.45) is -23.9. The number of amides is 3. The Morgan fingerprint density at radius 3 is 1.05 bits per heavy atom. The maximum absolute atomic E-state index is 14.6. The van der Waals surface area contributed by atoms with E-state index in [2.05, 4.69) is 16.0 Å². The summed E-state index contributed by atoms with van der Waals surface area (Å²) in [5.41, 5.74) is -17.4. The summed E-state index contributed by atoms with van der Waals surface area (Å²) >= 11 is 0. The van der Waals surface area contributed by atoms with Crippen molar-refractivity contribution < 1.29 is 97.4 Å². The van der Waals surface area contributed by atoms with Crippen LogP contribution >= 0.6 is 0 Å². The predicted octanol–water partition coefficient (Wildman–Crippen LogP) is 11.4. The number of hydrogen-bond donors (Lipinski definition) is 9. The van der Waals surface area contributed by atoms with Crippen LogP contribution in [0.5, 0.6) is 28.7 Å². The van der Waals surface area contributed by atoms with Crippen LogP contribution in [0.1, 0.15) is 67.2 Å². The minimum atomic E-state index is -6.04. The van der Waals surface area contributed by atoms with Gasteiger partial charge in [0.05, 0.1) is 22.7 Å². The lowest BCUT2D eigenvalue weighted by Crippen LogP contribution is -2.54. The maximum atomic E-state index is 14.6. The van der Waals surface area contributed by atoms with Gasteiger partial charge in [-0.2, -0.15) is 52.7 Å². The molecular weight excluding hydrogens is 1020 g/mol. The van der Waals surface area contributed by atoms with Gasteiger partial charge in [0, 0.05) is 30.7 Å². The summed E-state index contributed by atoms with van der Waals surface area (Å²) in [6.45, 7) is 2.16. The molecule has 0 aromatic heterocycles. The molecular formula is C49H38F12N4O9. The second kappa shape index (κ2) is 20.8. The third kappa shape index (κ3) is 11.0. The molecule has 0 spiro atoms. The van der Waals surface area contributed by atoms with Crippen molar-refractivity contribution in [3.8, 4) is 28.7 Å². The lowest BCUT2D eigenvalue weighted by Gasteiger charge is -2.38. The van der Waals surface area contributed by atoms with Gasteiger partial charge in [0.15, 0.2) is 5.78 Å². The van der Waals surface area contributed by atoms with Crippen molar-refractivity contribution in [2.24, 2.45) is 0 Å². The Kier molecular flexibility index (Phi) is 15.8. The molecule has 0 aliphatic rings. The molecule has 74 heavy (non-hydrogen) atoms. The summed E-state index contributed by atoms with van der Waals surface area (Å²) in [6, 6.07) is 15.5. The van der Waals surface area contributed by atoms with E-state index in [-0.39, 0.29) is 28.1 Å². The molecule has 25 heteroatoms. The van der Waals surface area contributed by atoms with Crippen LogP contribution in [0.2, 0.25) is 0 Å². The molecule has 0 heterocycles. The van der Waals surface area contributed by atoms with E-state index in [9.17, 15) is 97.4 Å². The number of rotatable bonds is 11. The number of anilines is 4. The van der Waals surface area contributed by atoms with Crippen molar-refractivity contribution in [3.05, 3.63) is 160 Å². The lowest BCUT2D eigenvalue weighted by molar-refractivity contribution is -0.290. The molecule has 0 aliphatic heterocycles. The number of carbonyl (C=O) groups excluding carboxylic acids is 4. The molecule has 0 radical (unpaired) electrons. The molecule has 0 atom stereocenters. The molecule has 0 saturated carbocycles. The molecule has 0 unspecified atom stereocenters. The Bertz CT molecular complexity index is 3070. The third-order valence-corrected chi connectivity index (χ3v) is 11.2. The zero-order chi connectivity index (χ0) is 55.5. The molecule has 0 bridgehead atoms. The first-order valence-corrected chi connectivity index (χ1v) is 20.8. The second-order valence-corrected chi connectivity index (χ2v) is 15.9. The van der Waals surface area contributed by atoms with Gasteiger partial charge in [0.1, 0.15) is 28.7 Å². The van der Waals surface area contributed by atoms with Gasteiger partial charge < -0.3 is 46.8 Å². The molecule has 3 amide bonds. The molecule has 9 N–H and O–H groups in total. The van der Waals surface area contributed by atoms with E-state index in [4.69, 9.17) is 0 Å². The fourth-order valence-corrected chi connectivity index (χ4v) is 7.61. The second-order valence-electron chi connectivity index (χ2n) is 15.9. The third-order valence-electron chi connectivity index (χ3n) is 11.2. The number of aromatic hydroxyl groups is 5. The average Bonchev–Trinajstić information content (AvgIpc) is 3.28. The van der Waals surface area contributed by atoms with Gasteiger partial charge in [-0.05, 0) is 114 Å². The monoisotopic (exact) mass is 1050 g/mol. The van der Waals surface area contributed by atoms with E-state index in [0.717, 1.165) is 37.3 Å². The van der Waals surface area contributed by atoms with Gasteiger partial charge in [-0.3, -0.25) is 19.2 Å². The summed E-state index contributed by atoms with van der Waals surface area (Å²) in [5, 5.41) is 57.7. The topological polar surface area (TPSA) is 218 Å². The first-order chi connectivity index (χ1) is 34.2. The Labute approximate surface area is 409 Å². The van der Waals surface area contributed by atoms with Gasteiger partial charge >= 0.3 is 24.7 Å². The quantitative estimate of drug-likeness (QED) is 0.0340. The first-order valence-electron chi connectivity index (χ1n) is 20.8. The van der Waals surface area contributed by atoms with Crippen molar-refractivity contribution in [2.45, 2.75) is 49.4 Å². The SMILES string of the molecule is CC(=O)Nc1cc(C(c2ccc(O)c(NC(=O)c3cccc(C(C)=O)c3)c2)(C(F)(F)F)C(F)(F)F)ccc1O.CNc1cc(C(c2ccc(O)c(NC(=O)c3ccc(O)cc3)c2)(C(F)(F)F)C(F)(F)F)ccc1O. The van der Waals surface area contributed by atoms with Crippen LogP contribution in [0.25, 0.3) is 0 Å². The molecule has 6 aromatic rings. The lowest BCUT2D eigenvalue weighted by atomic mass is 9.72. The van der Waals surface area contributed by atoms with Gasteiger partial charge in [-0.15, -0.1) is 0 Å². The molecule has 0 aliphatic carbocycles. The van der Waals surface area contributed by atoms with E-state index in [0.29, 0.717) is 72.8 Å². The number of ketones is 1. The number of phenols is 5. The molecule has 13 nitrogen and oxygen atoms in total. The van der Waals surface area contributed by atoms with Crippen molar-refractivity contribution in [3.63, 3.8) is 0 Å². The fourth-order valence-electron chi connectivity index (χ4n) is 7.61. The molecule has 0 saturated heterocycles. The minimum absolute atomic E-state index is 0.0808. The fraction of sp³-hybridized carbons (Fsp3) is 0.184. The van der Waals surface area contributed by atoms with Crippen molar-refractivity contribution >= 4 is 46.3 Å². The van der Waals surface area contributed by atoms with Crippen LogP contribution in [0.15, 0.2) is 121 Å². The largest absolute Gasteiger partial charge is 0.508 e. The van der Waals surface area contributed by atoms with Crippen LogP contribution in [0.4, 0.5) is 75.4 Å². The van der Waals surface area contributed by atoms with Crippen molar-refractivity contribution in [2.75, 3.05) is 28.3 Å².